The summed E-state index contributed by atoms with van der Waals surface area (Å²) in [5.74, 6) is -3.96. The van der Waals surface area contributed by atoms with Gasteiger partial charge in [-0.3, -0.25) is 33.7 Å². The molecule has 3 amide bonds. The van der Waals surface area contributed by atoms with Gasteiger partial charge in [0.1, 0.15) is 19.6 Å². The van der Waals surface area contributed by atoms with E-state index in [0.29, 0.717) is 0 Å². The van der Waals surface area contributed by atoms with Gasteiger partial charge >= 0.3 is 17.9 Å². The number of esters is 3. The quantitative estimate of drug-likeness (QED) is 0.216. The Morgan fingerprint density at radius 1 is 0.571 bits per heavy atom. The van der Waals surface area contributed by atoms with Crippen LogP contribution in [-0.2, 0) is 43.0 Å². The van der Waals surface area contributed by atoms with Gasteiger partial charge in [0.05, 0.1) is 41.0 Å². The highest BCUT2D eigenvalue weighted by Gasteiger charge is 2.19. The van der Waals surface area contributed by atoms with E-state index in [0.717, 1.165) is 26.2 Å². The van der Waals surface area contributed by atoms with Crippen LogP contribution >= 0.6 is 0 Å². The SMILES string of the molecule is COC(=O)CNC(=O)CN(CC(=O)NCC(=O)OC)CC(=O)NCC(=O)OC. The van der Waals surface area contributed by atoms with Crippen LogP contribution in [0.2, 0.25) is 0 Å². The zero-order chi connectivity index (χ0) is 21.5. The lowest BCUT2D eigenvalue weighted by Gasteiger charge is -2.20. The lowest BCUT2D eigenvalue weighted by Crippen LogP contribution is -2.48. The molecule has 0 unspecified atom stereocenters. The molecular weight excluding hydrogens is 380 g/mol. The number of nitrogens with one attached hydrogen (secondary N) is 3. The molecule has 0 aliphatic heterocycles. The topological polar surface area (TPSA) is 169 Å². The first-order chi connectivity index (χ1) is 13.2. The number of ether oxygens (including phenoxy) is 3. The third-order valence-corrected chi connectivity index (χ3v) is 3.07. The maximum absolute atomic E-state index is 11.9. The fourth-order valence-electron chi connectivity index (χ4n) is 1.67. The minimum atomic E-state index is -0.674. The molecule has 0 radical (unpaired) electrons. The summed E-state index contributed by atoms with van der Waals surface area (Å²) in [6, 6.07) is 0. The van der Waals surface area contributed by atoms with Gasteiger partial charge in [0.15, 0.2) is 0 Å². The van der Waals surface area contributed by atoms with Gasteiger partial charge in [-0.05, 0) is 0 Å². The molecule has 0 aromatic rings. The molecular formula is C15H24N4O9. The largest absolute Gasteiger partial charge is 0.468 e. The van der Waals surface area contributed by atoms with E-state index >= 15 is 0 Å². The zero-order valence-electron chi connectivity index (χ0n) is 15.9. The molecule has 158 valence electrons. The van der Waals surface area contributed by atoms with Crippen molar-refractivity contribution >= 4 is 35.6 Å². The molecule has 0 rings (SSSR count). The summed E-state index contributed by atoms with van der Waals surface area (Å²) >= 11 is 0. The molecule has 0 aliphatic rings. The summed E-state index contributed by atoms with van der Waals surface area (Å²) in [6.45, 7) is -2.37. The van der Waals surface area contributed by atoms with E-state index < -0.39 is 55.3 Å². The standard InChI is InChI=1S/C15H24N4O9/c1-26-13(23)4-16-10(20)7-19(8-11(21)17-5-14(24)27-2)9-12(22)18-6-15(25)28-3/h4-9H2,1-3H3,(H,16,20)(H,17,21)(H,18,22). The number of carbonyl (C=O) groups excluding carboxylic acids is 6. The summed E-state index contributed by atoms with van der Waals surface area (Å²) < 4.78 is 13.1. The predicted octanol–water partition coefficient (Wildman–Crippen LogP) is -3.84. The number of methoxy groups -OCH3 is 3. The van der Waals surface area contributed by atoms with Gasteiger partial charge < -0.3 is 30.2 Å². The van der Waals surface area contributed by atoms with Crippen molar-refractivity contribution in [2.75, 3.05) is 60.6 Å². The first-order valence-corrected chi connectivity index (χ1v) is 7.94. The van der Waals surface area contributed by atoms with Crippen LogP contribution < -0.4 is 16.0 Å². The van der Waals surface area contributed by atoms with Crippen LogP contribution in [0, 0.1) is 0 Å². The van der Waals surface area contributed by atoms with Gasteiger partial charge in [-0.15, -0.1) is 0 Å². The van der Waals surface area contributed by atoms with Gasteiger partial charge in [0.25, 0.3) is 0 Å². The van der Waals surface area contributed by atoms with Crippen molar-refractivity contribution in [1.29, 1.82) is 0 Å². The Morgan fingerprint density at radius 2 is 0.821 bits per heavy atom. The Hall–Kier alpha value is -3.22. The van der Waals surface area contributed by atoms with Crippen LogP contribution in [0.1, 0.15) is 0 Å². The number of carbonyl (C=O) groups is 6. The average Bonchev–Trinajstić information content (AvgIpc) is 2.67. The molecule has 0 aliphatic carbocycles. The number of hydrogen-bond acceptors (Lipinski definition) is 10. The maximum Gasteiger partial charge on any atom is 0.325 e. The van der Waals surface area contributed by atoms with Crippen molar-refractivity contribution in [2.24, 2.45) is 0 Å². The number of amides is 3. The van der Waals surface area contributed by atoms with Crippen molar-refractivity contribution in [3.63, 3.8) is 0 Å². The molecule has 3 N–H and O–H groups in total. The molecule has 0 saturated carbocycles. The maximum atomic E-state index is 11.9. The number of hydrogen-bond donors (Lipinski definition) is 3. The molecule has 13 nitrogen and oxygen atoms in total. The van der Waals surface area contributed by atoms with Crippen LogP contribution in [-0.4, -0.2) is 101 Å². The minimum Gasteiger partial charge on any atom is -0.468 e. The Kier molecular flexibility index (Phi) is 12.3. The van der Waals surface area contributed by atoms with Gasteiger partial charge in [-0.25, -0.2) is 0 Å². The highest BCUT2D eigenvalue weighted by atomic mass is 16.5. The van der Waals surface area contributed by atoms with E-state index in [1.165, 1.54) is 0 Å². The molecule has 0 aromatic carbocycles. The second-order valence-corrected chi connectivity index (χ2v) is 5.20. The van der Waals surface area contributed by atoms with Crippen molar-refractivity contribution in [3.05, 3.63) is 0 Å². The van der Waals surface area contributed by atoms with Crippen LogP contribution in [0.5, 0.6) is 0 Å². The highest BCUT2D eigenvalue weighted by molar-refractivity contribution is 5.87. The first kappa shape index (κ1) is 24.8. The normalized spacial score (nSPS) is 9.86. The Bertz CT molecular complexity index is 513. The minimum absolute atomic E-state index is 0.383. The van der Waals surface area contributed by atoms with E-state index in [9.17, 15) is 28.8 Å². The van der Waals surface area contributed by atoms with Crippen molar-refractivity contribution in [2.45, 2.75) is 0 Å². The predicted molar refractivity (Wildman–Crippen MR) is 91.5 cm³/mol. The first-order valence-electron chi connectivity index (χ1n) is 7.94. The molecule has 0 fully saturated rings. The van der Waals surface area contributed by atoms with Gasteiger partial charge in [-0.1, -0.05) is 0 Å². The lowest BCUT2D eigenvalue weighted by atomic mass is 10.3. The molecule has 0 saturated heterocycles. The Morgan fingerprint density at radius 3 is 1.04 bits per heavy atom. The molecule has 0 heterocycles. The highest BCUT2D eigenvalue weighted by Crippen LogP contribution is 1.90. The Labute approximate surface area is 161 Å². The zero-order valence-corrected chi connectivity index (χ0v) is 15.9. The third-order valence-electron chi connectivity index (χ3n) is 3.07. The van der Waals surface area contributed by atoms with E-state index in [-0.39, 0.29) is 19.6 Å². The molecule has 0 aromatic heterocycles. The van der Waals surface area contributed by atoms with Crippen molar-refractivity contribution in [1.82, 2.24) is 20.9 Å². The van der Waals surface area contributed by atoms with Crippen LogP contribution in [0.25, 0.3) is 0 Å². The summed E-state index contributed by atoms with van der Waals surface area (Å²) in [5, 5.41) is 6.79. The second-order valence-electron chi connectivity index (χ2n) is 5.20. The van der Waals surface area contributed by atoms with Gasteiger partial charge in [0.2, 0.25) is 17.7 Å². The van der Waals surface area contributed by atoms with Gasteiger partial charge in [0, 0.05) is 0 Å². The van der Waals surface area contributed by atoms with Crippen molar-refractivity contribution in [3.8, 4) is 0 Å². The fourth-order valence-corrected chi connectivity index (χ4v) is 1.67. The second kappa shape index (κ2) is 13.9. The average molecular weight is 404 g/mol. The molecule has 0 bridgehead atoms. The van der Waals surface area contributed by atoms with E-state index in [2.05, 4.69) is 30.2 Å². The number of rotatable bonds is 12. The van der Waals surface area contributed by atoms with Crippen LogP contribution in [0.4, 0.5) is 0 Å². The number of nitrogens with zero attached hydrogens (tertiary/aromatic N) is 1. The van der Waals surface area contributed by atoms with Crippen LogP contribution in [0.3, 0.4) is 0 Å². The van der Waals surface area contributed by atoms with Crippen LogP contribution in [0.15, 0.2) is 0 Å². The lowest BCUT2D eigenvalue weighted by molar-refractivity contribution is -0.142. The summed E-state index contributed by atoms with van der Waals surface area (Å²) in [7, 11) is 3.45. The molecule has 0 atom stereocenters. The van der Waals surface area contributed by atoms with E-state index in [1.54, 1.807) is 0 Å². The monoisotopic (exact) mass is 404 g/mol. The van der Waals surface area contributed by atoms with Gasteiger partial charge in [-0.2, -0.15) is 0 Å². The summed E-state index contributed by atoms with van der Waals surface area (Å²) in [4.78, 5) is 70.0. The third kappa shape index (κ3) is 12.2. The summed E-state index contributed by atoms with van der Waals surface area (Å²) in [5.41, 5.74) is 0. The summed E-state index contributed by atoms with van der Waals surface area (Å²) in [6.07, 6.45) is 0. The van der Waals surface area contributed by atoms with E-state index in [1.807, 2.05) is 0 Å². The Balaban J connectivity index is 4.75. The molecule has 0 spiro atoms. The van der Waals surface area contributed by atoms with Crippen molar-refractivity contribution < 1.29 is 43.0 Å². The fraction of sp³-hybridized carbons (Fsp3) is 0.600. The molecule has 28 heavy (non-hydrogen) atoms. The smallest absolute Gasteiger partial charge is 0.325 e. The van der Waals surface area contributed by atoms with E-state index in [4.69, 9.17) is 0 Å². The molecule has 13 heteroatoms.